The quantitative estimate of drug-likeness (QED) is 0.663. The summed E-state index contributed by atoms with van der Waals surface area (Å²) >= 11 is 0. The minimum absolute atomic E-state index is 0.349. The fourth-order valence-electron chi connectivity index (χ4n) is 1.84. The Kier molecular flexibility index (Phi) is 2.73. The molecule has 1 rings (SSSR count). The van der Waals surface area contributed by atoms with Gasteiger partial charge >= 0.3 is 0 Å². The van der Waals surface area contributed by atoms with Crippen molar-refractivity contribution >= 4 is 0 Å². The highest BCUT2D eigenvalue weighted by Gasteiger charge is 2.24. The van der Waals surface area contributed by atoms with Crippen LogP contribution in [0, 0.1) is 5.41 Å². The van der Waals surface area contributed by atoms with E-state index in [1.807, 2.05) is 7.05 Å². The van der Waals surface area contributed by atoms with Crippen LogP contribution in [-0.2, 0) is 0 Å². The third-order valence-corrected chi connectivity index (χ3v) is 2.64. The second-order valence-corrected chi connectivity index (χ2v) is 4.18. The molecule has 0 bridgehead atoms. The Bertz CT molecular complexity index is 221. The zero-order valence-corrected chi connectivity index (χ0v) is 8.57. The second kappa shape index (κ2) is 3.44. The van der Waals surface area contributed by atoms with Crippen LogP contribution in [0.15, 0.2) is 23.3 Å². The van der Waals surface area contributed by atoms with E-state index < -0.39 is 0 Å². The van der Waals surface area contributed by atoms with Gasteiger partial charge in [-0.25, -0.2) is 0 Å². The number of hydrogen-bond acceptors (Lipinski definition) is 1. The molecule has 0 atom stereocenters. The van der Waals surface area contributed by atoms with Gasteiger partial charge in [-0.2, -0.15) is 0 Å². The molecule has 1 aliphatic rings. The Hall–Kier alpha value is -0.560. The first kappa shape index (κ1) is 9.53. The molecule has 0 unspecified atom stereocenters. The molecule has 0 aromatic rings. The topological polar surface area (TPSA) is 12.0 Å². The van der Waals surface area contributed by atoms with Crippen molar-refractivity contribution in [2.75, 3.05) is 13.6 Å². The molecule has 1 nitrogen and oxygen atoms in total. The summed E-state index contributed by atoms with van der Waals surface area (Å²) in [6.45, 7) is 7.84. The largest absolute Gasteiger partial charge is 0.316 e. The molecule has 1 N–H and O–H groups in total. The lowest BCUT2D eigenvalue weighted by atomic mass is 9.76. The Morgan fingerprint density at radius 2 is 2.17 bits per heavy atom. The van der Waals surface area contributed by atoms with Crippen molar-refractivity contribution in [3.63, 3.8) is 0 Å². The zero-order chi connectivity index (χ0) is 9.19. The molecule has 12 heavy (non-hydrogen) atoms. The molecule has 0 aromatic carbocycles. The van der Waals surface area contributed by atoms with E-state index in [0.717, 1.165) is 6.54 Å². The van der Waals surface area contributed by atoms with Crippen molar-refractivity contribution in [1.82, 2.24) is 5.32 Å². The van der Waals surface area contributed by atoms with E-state index in [2.05, 4.69) is 38.2 Å². The average Bonchev–Trinajstić information content (AvgIpc) is 1.97. The van der Waals surface area contributed by atoms with Gasteiger partial charge in [-0.05, 0) is 31.4 Å². The van der Waals surface area contributed by atoms with Crippen molar-refractivity contribution in [2.24, 2.45) is 5.41 Å². The summed E-state index contributed by atoms with van der Waals surface area (Å²) in [5, 5.41) is 3.23. The van der Waals surface area contributed by atoms with Crippen LogP contribution in [0.3, 0.4) is 0 Å². The molecule has 0 radical (unpaired) electrons. The Morgan fingerprint density at radius 3 is 2.67 bits per heavy atom. The van der Waals surface area contributed by atoms with E-state index in [-0.39, 0.29) is 0 Å². The van der Waals surface area contributed by atoms with Gasteiger partial charge in [0.1, 0.15) is 0 Å². The number of hydrogen-bond donors (Lipinski definition) is 1. The maximum Gasteiger partial charge on any atom is 0.0172 e. The van der Waals surface area contributed by atoms with E-state index in [9.17, 15) is 0 Å². The maximum absolute atomic E-state index is 3.23. The molecule has 0 amide bonds. The van der Waals surface area contributed by atoms with Crippen LogP contribution < -0.4 is 5.32 Å². The summed E-state index contributed by atoms with van der Waals surface area (Å²) < 4.78 is 0. The van der Waals surface area contributed by atoms with Gasteiger partial charge in [0.15, 0.2) is 0 Å². The predicted molar refractivity (Wildman–Crippen MR) is 54.2 cm³/mol. The van der Waals surface area contributed by atoms with Gasteiger partial charge in [-0.15, -0.1) is 0 Å². The highest BCUT2D eigenvalue weighted by atomic mass is 14.8. The van der Waals surface area contributed by atoms with Crippen LogP contribution in [0.25, 0.3) is 0 Å². The lowest BCUT2D eigenvalue weighted by molar-refractivity contribution is 0.430. The van der Waals surface area contributed by atoms with Crippen LogP contribution in [0.4, 0.5) is 0 Å². The Balaban J connectivity index is 2.91. The summed E-state index contributed by atoms with van der Waals surface area (Å²) in [6.07, 6.45) is 5.67. The zero-order valence-electron chi connectivity index (χ0n) is 8.57. The predicted octanol–water partition coefficient (Wildman–Crippen LogP) is 2.51. The molecule has 0 aromatic heterocycles. The summed E-state index contributed by atoms with van der Waals surface area (Å²) in [5.74, 6) is 0. The summed E-state index contributed by atoms with van der Waals surface area (Å²) in [5.41, 5.74) is 3.33. The molecule has 0 heterocycles. The normalized spacial score (nSPS) is 21.7. The Morgan fingerprint density at radius 1 is 1.50 bits per heavy atom. The smallest absolute Gasteiger partial charge is 0.0172 e. The minimum atomic E-state index is 0.349. The number of rotatable bonds is 2. The van der Waals surface area contributed by atoms with Crippen LogP contribution in [0.5, 0.6) is 0 Å². The summed E-state index contributed by atoms with van der Waals surface area (Å²) in [7, 11) is 2.01. The molecule has 0 fully saturated rings. The lowest BCUT2D eigenvalue weighted by Crippen LogP contribution is -2.25. The van der Waals surface area contributed by atoms with Crippen LogP contribution in [0.1, 0.15) is 27.2 Å². The fourth-order valence-corrected chi connectivity index (χ4v) is 1.84. The van der Waals surface area contributed by atoms with Gasteiger partial charge in [-0.1, -0.05) is 31.6 Å². The second-order valence-electron chi connectivity index (χ2n) is 4.18. The standard InChI is InChI=1S/C11H19N/c1-9-6-5-7-11(2,3)10(9)8-12-4/h5-6,12H,7-8H2,1-4H3. The van der Waals surface area contributed by atoms with E-state index >= 15 is 0 Å². The first-order valence-electron chi connectivity index (χ1n) is 4.59. The van der Waals surface area contributed by atoms with Crippen molar-refractivity contribution in [1.29, 1.82) is 0 Å². The number of nitrogens with one attached hydrogen (secondary N) is 1. The fraction of sp³-hybridized carbons (Fsp3) is 0.636. The SMILES string of the molecule is CNCC1=C(C)C=CCC1(C)C. The van der Waals surface area contributed by atoms with Crippen molar-refractivity contribution in [3.8, 4) is 0 Å². The summed E-state index contributed by atoms with van der Waals surface area (Å²) in [4.78, 5) is 0. The van der Waals surface area contributed by atoms with Crippen LogP contribution in [0.2, 0.25) is 0 Å². The molecular weight excluding hydrogens is 146 g/mol. The van der Waals surface area contributed by atoms with Gasteiger partial charge < -0.3 is 5.32 Å². The first-order chi connectivity index (χ1) is 5.58. The van der Waals surface area contributed by atoms with E-state index in [0.29, 0.717) is 5.41 Å². The van der Waals surface area contributed by atoms with Crippen molar-refractivity contribution in [3.05, 3.63) is 23.3 Å². The monoisotopic (exact) mass is 165 g/mol. The van der Waals surface area contributed by atoms with E-state index in [1.165, 1.54) is 12.0 Å². The third-order valence-electron chi connectivity index (χ3n) is 2.64. The molecular formula is C11H19N. The van der Waals surface area contributed by atoms with Crippen molar-refractivity contribution < 1.29 is 0 Å². The number of likely N-dealkylation sites (N-methyl/N-ethyl adjacent to an activating group) is 1. The van der Waals surface area contributed by atoms with Crippen LogP contribution >= 0.6 is 0 Å². The minimum Gasteiger partial charge on any atom is -0.316 e. The molecule has 1 aliphatic carbocycles. The molecule has 0 saturated heterocycles. The highest BCUT2D eigenvalue weighted by Crippen LogP contribution is 2.35. The molecule has 0 saturated carbocycles. The number of allylic oxidation sites excluding steroid dienone is 3. The van der Waals surface area contributed by atoms with Crippen molar-refractivity contribution in [2.45, 2.75) is 27.2 Å². The van der Waals surface area contributed by atoms with E-state index in [4.69, 9.17) is 0 Å². The molecule has 0 spiro atoms. The Labute approximate surface area is 75.6 Å². The maximum atomic E-state index is 3.23. The van der Waals surface area contributed by atoms with Gasteiger partial charge in [0.05, 0.1) is 0 Å². The first-order valence-corrected chi connectivity index (χ1v) is 4.59. The molecule has 68 valence electrons. The summed E-state index contributed by atoms with van der Waals surface area (Å²) in [6, 6.07) is 0. The van der Waals surface area contributed by atoms with Gasteiger partial charge in [-0.3, -0.25) is 0 Å². The molecule has 1 heteroatoms. The van der Waals surface area contributed by atoms with E-state index in [1.54, 1.807) is 5.57 Å². The lowest BCUT2D eigenvalue weighted by Gasteiger charge is -2.31. The van der Waals surface area contributed by atoms with Gasteiger partial charge in [0, 0.05) is 6.54 Å². The van der Waals surface area contributed by atoms with Gasteiger partial charge in [0.2, 0.25) is 0 Å². The van der Waals surface area contributed by atoms with Gasteiger partial charge in [0.25, 0.3) is 0 Å². The highest BCUT2D eigenvalue weighted by molar-refractivity contribution is 5.33. The average molecular weight is 165 g/mol. The molecule has 0 aliphatic heterocycles. The van der Waals surface area contributed by atoms with Crippen LogP contribution in [-0.4, -0.2) is 13.6 Å². The third kappa shape index (κ3) is 1.78.